The zero-order chi connectivity index (χ0) is 9.84. The molecular formula is C8H8ClNO3. The summed E-state index contributed by atoms with van der Waals surface area (Å²) in [7, 11) is 0. The largest absolute Gasteiger partial charge is 0.479 e. The number of pyridine rings is 1. The third kappa shape index (κ3) is 2.59. The second-order valence-electron chi connectivity index (χ2n) is 2.43. The molecule has 0 saturated carbocycles. The summed E-state index contributed by atoms with van der Waals surface area (Å²) < 4.78 is 4.94. The maximum Gasteiger partial charge on any atom is 0.341 e. The molecule has 4 nitrogen and oxygen atoms in total. The monoisotopic (exact) mass is 201 g/mol. The Labute approximate surface area is 80.1 Å². The zero-order valence-corrected chi connectivity index (χ0v) is 7.71. The maximum atomic E-state index is 10.2. The topological polar surface area (TPSA) is 59.4 Å². The fourth-order valence-corrected chi connectivity index (χ4v) is 1.08. The van der Waals surface area contributed by atoms with Crippen LogP contribution in [0.1, 0.15) is 5.56 Å². The van der Waals surface area contributed by atoms with Crippen molar-refractivity contribution in [3.63, 3.8) is 0 Å². The Morgan fingerprint density at radius 1 is 1.77 bits per heavy atom. The molecule has 0 fully saturated rings. The van der Waals surface area contributed by atoms with Crippen LogP contribution in [-0.2, 0) is 4.79 Å². The Hall–Kier alpha value is -1.29. The van der Waals surface area contributed by atoms with E-state index in [0.717, 1.165) is 5.56 Å². The van der Waals surface area contributed by atoms with Gasteiger partial charge in [-0.25, -0.2) is 9.78 Å². The number of hydrogen-bond donors (Lipinski definition) is 1. The van der Waals surface area contributed by atoms with Crippen LogP contribution in [0.15, 0.2) is 12.3 Å². The van der Waals surface area contributed by atoms with Crippen molar-refractivity contribution in [3.8, 4) is 5.75 Å². The highest BCUT2D eigenvalue weighted by molar-refractivity contribution is 6.30. The van der Waals surface area contributed by atoms with E-state index in [4.69, 9.17) is 21.4 Å². The Morgan fingerprint density at radius 3 is 3.00 bits per heavy atom. The molecule has 1 aromatic rings. The number of aromatic nitrogens is 1. The third-order valence-corrected chi connectivity index (χ3v) is 1.67. The van der Waals surface area contributed by atoms with Crippen molar-refractivity contribution in [2.24, 2.45) is 0 Å². The maximum absolute atomic E-state index is 10.2. The summed E-state index contributed by atoms with van der Waals surface area (Å²) in [6, 6.07) is 1.70. The first-order chi connectivity index (χ1) is 6.11. The van der Waals surface area contributed by atoms with Crippen molar-refractivity contribution in [1.82, 2.24) is 4.98 Å². The number of carboxylic acids is 1. The molecule has 13 heavy (non-hydrogen) atoms. The lowest BCUT2D eigenvalue weighted by Gasteiger charge is -2.06. The van der Waals surface area contributed by atoms with E-state index in [0.29, 0.717) is 5.75 Å². The summed E-state index contributed by atoms with van der Waals surface area (Å²) in [6.45, 7) is 1.36. The summed E-state index contributed by atoms with van der Waals surface area (Å²) in [5, 5.41) is 8.55. The van der Waals surface area contributed by atoms with E-state index < -0.39 is 12.6 Å². The van der Waals surface area contributed by atoms with Crippen molar-refractivity contribution < 1.29 is 14.6 Å². The van der Waals surface area contributed by atoms with E-state index in [1.807, 2.05) is 0 Å². The molecule has 5 heteroatoms. The van der Waals surface area contributed by atoms with Gasteiger partial charge in [0.15, 0.2) is 17.5 Å². The number of halogens is 1. The van der Waals surface area contributed by atoms with E-state index in [-0.39, 0.29) is 5.15 Å². The molecule has 0 bridgehead atoms. The van der Waals surface area contributed by atoms with Crippen LogP contribution in [0.2, 0.25) is 5.15 Å². The van der Waals surface area contributed by atoms with E-state index in [1.165, 1.54) is 6.20 Å². The number of carboxylic acid groups (broad SMARTS) is 1. The summed E-state index contributed by atoms with van der Waals surface area (Å²) in [5.74, 6) is -0.717. The molecule has 0 atom stereocenters. The average Bonchev–Trinajstić information content (AvgIpc) is 2.03. The van der Waals surface area contributed by atoms with Crippen molar-refractivity contribution in [1.29, 1.82) is 0 Å². The number of aliphatic carboxylic acids is 1. The van der Waals surface area contributed by atoms with Crippen LogP contribution in [0.4, 0.5) is 0 Å². The molecule has 0 aliphatic rings. The molecular weight excluding hydrogens is 194 g/mol. The van der Waals surface area contributed by atoms with Gasteiger partial charge in [-0.1, -0.05) is 11.6 Å². The minimum absolute atomic E-state index is 0.182. The van der Waals surface area contributed by atoms with Crippen molar-refractivity contribution in [2.45, 2.75) is 6.92 Å². The first-order valence-corrected chi connectivity index (χ1v) is 3.94. The van der Waals surface area contributed by atoms with Gasteiger partial charge in [-0.15, -0.1) is 0 Å². The van der Waals surface area contributed by atoms with Gasteiger partial charge >= 0.3 is 5.97 Å². The smallest absolute Gasteiger partial charge is 0.341 e. The summed E-state index contributed by atoms with van der Waals surface area (Å²) in [4.78, 5) is 14.0. The Balaban J connectivity index is 2.81. The van der Waals surface area contributed by atoms with Gasteiger partial charge in [0.2, 0.25) is 0 Å². The summed E-state index contributed by atoms with van der Waals surface area (Å²) in [5.41, 5.74) is 0.765. The zero-order valence-electron chi connectivity index (χ0n) is 6.95. The number of rotatable bonds is 3. The van der Waals surface area contributed by atoms with E-state index >= 15 is 0 Å². The van der Waals surface area contributed by atoms with Crippen LogP contribution in [0.3, 0.4) is 0 Å². The lowest BCUT2D eigenvalue weighted by Crippen LogP contribution is -2.10. The van der Waals surface area contributed by atoms with Crippen LogP contribution < -0.4 is 4.74 Å². The van der Waals surface area contributed by atoms with Crippen molar-refractivity contribution in [3.05, 3.63) is 23.0 Å². The van der Waals surface area contributed by atoms with Gasteiger partial charge in [-0.3, -0.25) is 0 Å². The van der Waals surface area contributed by atoms with Gasteiger partial charge in [0, 0.05) is 6.20 Å². The van der Waals surface area contributed by atoms with Crippen molar-refractivity contribution >= 4 is 17.6 Å². The summed E-state index contributed by atoms with van der Waals surface area (Å²) >= 11 is 5.68. The van der Waals surface area contributed by atoms with Crippen LogP contribution in [0.5, 0.6) is 5.75 Å². The second-order valence-corrected chi connectivity index (χ2v) is 2.79. The molecule has 0 radical (unpaired) electrons. The normalized spacial score (nSPS) is 9.69. The molecule has 0 amide bonds. The molecule has 70 valence electrons. The number of nitrogens with zero attached hydrogens (tertiary/aromatic N) is 1. The lowest BCUT2D eigenvalue weighted by atomic mass is 10.3. The van der Waals surface area contributed by atoms with Crippen LogP contribution in [0.25, 0.3) is 0 Å². The number of ether oxygens (including phenoxy) is 1. The average molecular weight is 202 g/mol. The van der Waals surface area contributed by atoms with Gasteiger partial charge in [0.05, 0.1) is 0 Å². The molecule has 1 heterocycles. The molecule has 0 aromatic carbocycles. The quantitative estimate of drug-likeness (QED) is 0.753. The first-order valence-electron chi connectivity index (χ1n) is 3.57. The Kier molecular flexibility index (Phi) is 3.08. The van der Waals surface area contributed by atoms with E-state index in [9.17, 15) is 4.79 Å². The van der Waals surface area contributed by atoms with E-state index in [2.05, 4.69) is 4.98 Å². The minimum Gasteiger partial charge on any atom is -0.479 e. The number of aryl methyl sites for hydroxylation is 1. The highest BCUT2D eigenvalue weighted by atomic mass is 35.5. The summed E-state index contributed by atoms with van der Waals surface area (Å²) in [6.07, 6.45) is 1.53. The first kappa shape index (κ1) is 9.80. The van der Waals surface area contributed by atoms with Gasteiger partial charge in [0.25, 0.3) is 0 Å². The van der Waals surface area contributed by atoms with Crippen LogP contribution in [-0.4, -0.2) is 22.7 Å². The molecule has 0 saturated heterocycles. The van der Waals surface area contributed by atoms with Crippen LogP contribution >= 0.6 is 11.6 Å². The molecule has 1 rings (SSSR count). The highest BCUT2D eigenvalue weighted by Gasteiger charge is 2.07. The van der Waals surface area contributed by atoms with Gasteiger partial charge in [-0.2, -0.15) is 0 Å². The third-order valence-electron chi connectivity index (χ3n) is 1.40. The fourth-order valence-electron chi connectivity index (χ4n) is 0.819. The van der Waals surface area contributed by atoms with Crippen molar-refractivity contribution in [2.75, 3.05) is 6.61 Å². The van der Waals surface area contributed by atoms with Gasteiger partial charge < -0.3 is 9.84 Å². The molecule has 0 aliphatic heterocycles. The Morgan fingerprint density at radius 2 is 2.46 bits per heavy atom. The molecule has 1 aromatic heterocycles. The number of carbonyl (C=O) groups is 1. The Bertz CT molecular complexity index is 307. The van der Waals surface area contributed by atoms with Crippen LogP contribution in [0, 0.1) is 6.92 Å². The lowest BCUT2D eigenvalue weighted by molar-refractivity contribution is -0.139. The predicted octanol–water partition coefficient (Wildman–Crippen LogP) is 1.51. The molecule has 0 aliphatic carbocycles. The van der Waals surface area contributed by atoms with Gasteiger partial charge in [-0.05, 0) is 18.6 Å². The fraction of sp³-hybridized carbons (Fsp3) is 0.250. The number of hydrogen-bond acceptors (Lipinski definition) is 3. The second kappa shape index (κ2) is 4.09. The van der Waals surface area contributed by atoms with E-state index in [1.54, 1.807) is 13.0 Å². The minimum atomic E-state index is -1.04. The molecule has 0 spiro atoms. The predicted molar refractivity (Wildman–Crippen MR) is 47.1 cm³/mol. The molecule has 1 N–H and O–H groups in total. The standard InChI is InChI=1S/C8H8ClNO3/c1-5-2-3-10-8(9)7(5)13-4-6(11)12/h2-3H,4H2,1H3,(H,11,12). The molecule has 0 unspecified atom stereocenters. The SMILES string of the molecule is Cc1ccnc(Cl)c1OCC(=O)O. The van der Waals surface area contributed by atoms with Gasteiger partial charge in [0.1, 0.15) is 0 Å². The highest BCUT2D eigenvalue weighted by Crippen LogP contribution is 2.25.